The third-order valence-electron chi connectivity index (χ3n) is 3.17. The van der Waals surface area contributed by atoms with Crippen molar-refractivity contribution in [2.75, 3.05) is 26.7 Å². The van der Waals surface area contributed by atoms with Crippen molar-refractivity contribution in [2.45, 2.75) is 13.0 Å². The summed E-state index contributed by atoms with van der Waals surface area (Å²) >= 11 is 2.18. The van der Waals surface area contributed by atoms with Crippen LogP contribution in [-0.2, 0) is 0 Å². The van der Waals surface area contributed by atoms with Crippen molar-refractivity contribution in [3.05, 3.63) is 27.3 Å². The van der Waals surface area contributed by atoms with Crippen molar-refractivity contribution in [1.29, 1.82) is 0 Å². The van der Waals surface area contributed by atoms with E-state index in [0.29, 0.717) is 0 Å². The molecule has 0 unspecified atom stereocenters. The van der Waals surface area contributed by atoms with Crippen LogP contribution >= 0.6 is 22.6 Å². The van der Waals surface area contributed by atoms with Gasteiger partial charge in [-0.3, -0.25) is 4.79 Å². The number of ether oxygens (including phenoxy) is 1. The molecule has 0 radical (unpaired) electrons. The van der Waals surface area contributed by atoms with Gasteiger partial charge < -0.3 is 15.0 Å². The first-order valence-electron chi connectivity index (χ1n) is 5.98. The van der Waals surface area contributed by atoms with Gasteiger partial charge in [0.05, 0.1) is 12.7 Å². The monoisotopic (exact) mass is 360 g/mol. The molecule has 1 N–H and O–H groups in total. The van der Waals surface area contributed by atoms with Crippen LogP contribution in [0, 0.1) is 3.57 Å². The van der Waals surface area contributed by atoms with E-state index in [9.17, 15) is 4.79 Å². The molecule has 1 aliphatic heterocycles. The first-order chi connectivity index (χ1) is 8.63. The molecule has 1 saturated heterocycles. The maximum absolute atomic E-state index is 12.5. The summed E-state index contributed by atoms with van der Waals surface area (Å²) in [5.41, 5.74) is 0.755. The average molecular weight is 360 g/mol. The summed E-state index contributed by atoms with van der Waals surface area (Å²) in [6.07, 6.45) is 0. The van der Waals surface area contributed by atoms with Crippen molar-refractivity contribution in [3.63, 3.8) is 0 Å². The number of carbonyl (C=O) groups excluding carboxylic acids is 1. The molecule has 1 aromatic carbocycles. The molecule has 2 rings (SSSR count). The van der Waals surface area contributed by atoms with Gasteiger partial charge in [-0.25, -0.2) is 0 Å². The Morgan fingerprint density at radius 1 is 1.56 bits per heavy atom. The Hall–Kier alpha value is -0.820. The Kier molecular flexibility index (Phi) is 4.45. The van der Waals surface area contributed by atoms with Gasteiger partial charge in [-0.1, -0.05) is 0 Å². The van der Waals surface area contributed by atoms with Crippen molar-refractivity contribution in [2.24, 2.45) is 0 Å². The lowest BCUT2D eigenvalue weighted by molar-refractivity contribution is 0.0654. The van der Waals surface area contributed by atoms with Gasteiger partial charge in [-0.2, -0.15) is 0 Å². The van der Waals surface area contributed by atoms with E-state index < -0.39 is 0 Å². The van der Waals surface area contributed by atoms with E-state index >= 15 is 0 Å². The van der Waals surface area contributed by atoms with Gasteiger partial charge in [0.2, 0.25) is 0 Å². The van der Waals surface area contributed by atoms with Crippen LogP contribution in [0.2, 0.25) is 0 Å². The molecule has 1 fully saturated rings. The van der Waals surface area contributed by atoms with E-state index in [1.54, 1.807) is 7.11 Å². The highest BCUT2D eigenvalue weighted by Gasteiger charge is 2.25. The minimum absolute atomic E-state index is 0.107. The third kappa shape index (κ3) is 2.77. The summed E-state index contributed by atoms with van der Waals surface area (Å²) in [7, 11) is 1.63. The molecule has 5 heteroatoms. The zero-order chi connectivity index (χ0) is 13.1. The van der Waals surface area contributed by atoms with Crippen LogP contribution in [0.5, 0.6) is 5.75 Å². The van der Waals surface area contributed by atoms with Crippen LogP contribution in [0.1, 0.15) is 17.3 Å². The van der Waals surface area contributed by atoms with Crippen LogP contribution in [0.3, 0.4) is 0 Å². The number of nitrogens with one attached hydrogen (secondary N) is 1. The highest BCUT2D eigenvalue weighted by Crippen LogP contribution is 2.21. The molecule has 4 nitrogen and oxygen atoms in total. The molecule has 1 aromatic rings. The molecule has 0 spiro atoms. The maximum atomic E-state index is 12.5. The zero-order valence-electron chi connectivity index (χ0n) is 10.6. The minimum atomic E-state index is 0.107. The van der Waals surface area contributed by atoms with Gasteiger partial charge in [0.15, 0.2) is 0 Å². The molecule has 1 aliphatic rings. The predicted octanol–water partition coefficient (Wildman–Crippen LogP) is 1.73. The largest absolute Gasteiger partial charge is 0.497 e. The molecule has 0 saturated carbocycles. The summed E-state index contributed by atoms with van der Waals surface area (Å²) in [4.78, 5) is 14.4. The Balaban J connectivity index is 2.22. The van der Waals surface area contributed by atoms with Crippen LogP contribution in [0.15, 0.2) is 18.2 Å². The normalized spacial score (nSPS) is 19.7. The lowest BCUT2D eigenvalue weighted by Gasteiger charge is -2.34. The predicted molar refractivity (Wildman–Crippen MR) is 79.1 cm³/mol. The summed E-state index contributed by atoms with van der Waals surface area (Å²) < 4.78 is 6.09. The molecular formula is C13H17IN2O2. The van der Waals surface area contributed by atoms with Gasteiger partial charge >= 0.3 is 0 Å². The second-order valence-corrected chi connectivity index (χ2v) is 5.56. The maximum Gasteiger partial charge on any atom is 0.255 e. The summed E-state index contributed by atoms with van der Waals surface area (Å²) in [6.45, 7) is 4.56. The van der Waals surface area contributed by atoms with Gasteiger partial charge in [0.1, 0.15) is 5.75 Å². The van der Waals surface area contributed by atoms with Crippen LogP contribution < -0.4 is 10.1 Å². The lowest BCUT2D eigenvalue weighted by atomic mass is 10.1. The quantitative estimate of drug-likeness (QED) is 0.817. The van der Waals surface area contributed by atoms with Crippen LogP contribution in [0.4, 0.5) is 0 Å². The highest BCUT2D eigenvalue weighted by atomic mass is 127. The van der Waals surface area contributed by atoms with Crippen molar-refractivity contribution >= 4 is 28.5 Å². The van der Waals surface area contributed by atoms with Crippen LogP contribution in [-0.4, -0.2) is 43.6 Å². The highest BCUT2D eigenvalue weighted by molar-refractivity contribution is 14.1. The number of carbonyl (C=O) groups is 1. The number of piperazine rings is 1. The van der Waals surface area contributed by atoms with E-state index in [4.69, 9.17) is 4.74 Å². The van der Waals surface area contributed by atoms with E-state index in [0.717, 1.165) is 34.5 Å². The van der Waals surface area contributed by atoms with Crippen molar-refractivity contribution < 1.29 is 9.53 Å². The third-order valence-corrected chi connectivity index (χ3v) is 4.06. The van der Waals surface area contributed by atoms with Gasteiger partial charge in [0.25, 0.3) is 5.91 Å². The topological polar surface area (TPSA) is 41.6 Å². The molecule has 0 bridgehead atoms. The van der Waals surface area contributed by atoms with Gasteiger partial charge in [-0.05, 0) is 47.7 Å². The van der Waals surface area contributed by atoms with Gasteiger partial charge in [-0.15, -0.1) is 0 Å². The number of nitrogens with zero attached hydrogens (tertiary/aromatic N) is 1. The summed E-state index contributed by atoms with van der Waals surface area (Å²) in [6, 6.07) is 5.81. The summed E-state index contributed by atoms with van der Waals surface area (Å²) in [5.74, 6) is 0.889. The second-order valence-electron chi connectivity index (χ2n) is 4.40. The SMILES string of the molecule is COc1ccc(C(=O)N2CCNC[C@@H]2C)c(I)c1. The molecule has 98 valence electrons. The van der Waals surface area contributed by atoms with E-state index in [1.807, 2.05) is 23.1 Å². The van der Waals surface area contributed by atoms with Crippen molar-refractivity contribution in [1.82, 2.24) is 10.2 Å². The Morgan fingerprint density at radius 2 is 2.33 bits per heavy atom. The lowest BCUT2D eigenvalue weighted by Crippen LogP contribution is -2.52. The van der Waals surface area contributed by atoms with Crippen molar-refractivity contribution in [3.8, 4) is 5.75 Å². The average Bonchev–Trinajstić information content (AvgIpc) is 2.38. The Morgan fingerprint density at radius 3 is 2.94 bits per heavy atom. The number of methoxy groups -OCH3 is 1. The van der Waals surface area contributed by atoms with E-state index in [1.165, 1.54) is 0 Å². The fourth-order valence-corrected chi connectivity index (χ4v) is 2.81. The number of halogens is 1. The molecule has 1 heterocycles. The van der Waals surface area contributed by atoms with Gasteiger partial charge in [0, 0.05) is 29.2 Å². The number of hydrogen-bond donors (Lipinski definition) is 1. The fraction of sp³-hybridized carbons (Fsp3) is 0.462. The number of rotatable bonds is 2. The molecule has 0 aromatic heterocycles. The molecular weight excluding hydrogens is 343 g/mol. The number of hydrogen-bond acceptors (Lipinski definition) is 3. The van der Waals surface area contributed by atoms with E-state index in [2.05, 4.69) is 34.8 Å². The molecule has 1 atom stereocenters. The smallest absolute Gasteiger partial charge is 0.255 e. The minimum Gasteiger partial charge on any atom is -0.497 e. The summed E-state index contributed by atoms with van der Waals surface area (Å²) in [5, 5.41) is 3.29. The zero-order valence-corrected chi connectivity index (χ0v) is 12.7. The van der Waals surface area contributed by atoms with Crippen LogP contribution in [0.25, 0.3) is 0 Å². The molecule has 18 heavy (non-hydrogen) atoms. The molecule has 1 amide bonds. The Bertz CT molecular complexity index is 451. The Labute approximate surface area is 121 Å². The van der Waals surface area contributed by atoms with E-state index in [-0.39, 0.29) is 11.9 Å². The second kappa shape index (κ2) is 5.88. The fourth-order valence-electron chi connectivity index (χ4n) is 2.09. The molecule has 0 aliphatic carbocycles. The standard InChI is InChI=1S/C13H17IN2O2/c1-9-8-15-5-6-16(9)13(17)11-4-3-10(18-2)7-12(11)14/h3-4,7,9,15H,5-6,8H2,1-2H3/t9-/m0/s1. The first-order valence-corrected chi connectivity index (χ1v) is 7.06. The first kappa shape index (κ1) is 13.6. The number of amides is 1. The number of benzene rings is 1.